The SMILES string of the molecule is Cc1c([N+](=O)[O-])ccc(=O)n1CC(=O)Nc1ccccc1C(N)=O. The van der Waals surface area contributed by atoms with Gasteiger partial charge in [0.05, 0.1) is 21.9 Å². The fourth-order valence-electron chi connectivity index (χ4n) is 2.19. The number of hydrogen-bond acceptors (Lipinski definition) is 5. The Hall–Kier alpha value is -3.49. The van der Waals surface area contributed by atoms with Crippen LogP contribution in [0.15, 0.2) is 41.2 Å². The highest BCUT2D eigenvalue weighted by Crippen LogP contribution is 2.16. The molecule has 0 aliphatic carbocycles. The maximum atomic E-state index is 12.1. The summed E-state index contributed by atoms with van der Waals surface area (Å²) in [4.78, 5) is 45.6. The molecular formula is C15H14N4O5. The second-order valence-corrected chi connectivity index (χ2v) is 4.94. The molecule has 2 amide bonds. The number of nitrogens with zero attached hydrogens (tertiary/aromatic N) is 2. The van der Waals surface area contributed by atoms with Crippen LogP contribution in [-0.2, 0) is 11.3 Å². The van der Waals surface area contributed by atoms with Gasteiger partial charge >= 0.3 is 0 Å². The van der Waals surface area contributed by atoms with Crippen LogP contribution >= 0.6 is 0 Å². The van der Waals surface area contributed by atoms with Crippen molar-refractivity contribution in [3.63, 3.8) is 0 Å². The molecule has 0 spiro atoms. The van der Waals surface area contributed by atoms with Crippen molar-refractivity contribution in [3.8, 4) is 0 Å². The largest absolute Gasteiger partial charge is 0.366 e. The fourth-order valence-corrected chi connectivity index (χ4v) is 2.19. The van der Waals surface area contributed by atoms with Crippen LogP contribution in [0, 0.1) is 17.0 Å². The van der Waals surface area contributed by atoms with Crippen molar-refractivity contribution in [2.75, 3.05) is 5.32 Å². The molecule has 0 saturated carbocycles. The summed E-state index contributed by atoms with van der Waals surface area (Å²) < 4.78 is 0.986. The molecule has 0 aliphatic rings. The van der Waals surface area contributed by atoms with E-state index < -0.39 is 28.8 Å². The maximum Gasteiger partial charge on any atom is 0.288 e. The Bertz CT molecular complexity index is 888. The van der Waals surface area contributed by atoms with Gasteiger partial charge in [-0.15, -0.1) is 0 Å². The number of anilines is 1. The molecule has 0 radical (unpaired) electrons. The highest BCUT2D eigenvalue weighted by atomic mass is 16.6. The Morgan fingerprint density at radius 3 is 2.54 bits per heavy atom. The van der Waals surface area contributed by atoms with Crippen molar-refractivity contribution < 1.29 is 14.5 Å². The first-order chi connectivity index (χ1) is 11.3. The number of amides is 2. The van der Waals surface area contributed by atoms with Crippen LogP contribution in [0.5, 0.6) is 0 Å². The quantitative estimate of drug-likeness (QED) is 0.617. The van der Waals surface area contributed by atoms with Crippen molar-refractivity contribution >= 4 is 23.2 Å². The number of hydrogen-bond donors (Lipinski definition) is 2. The highest BCUT2D eigenvalue weighted by Gasteiger charge is 2.17. The van der Waals surface area contributed by atoms with E-state index >= 15 is 0 Å². The van der Waals surface area contributed by atoms with E-state index in [2.05, 4.69) is 5.32 Å². The summed E-state index contributed by atoms with van der Waals surface area (Å²) in [6, 6.07) is 8.24. The average molecular weight is 330 g/mol. The fraction of sp³-hybridized carbons (Fsp3) is 0.133. The van der Waals surface area contributed by atoms with Gasteiger partial charge in [-0.25, -0.2) is 0 Å². The molecule has 0 bridgehead atoms. The lowest BCUT2D eigenvalue weighted by Crippen LogP contribution is -2.29. The third-order valence-electron chi connectivity index (χ3n) is 3.39. The van der Waals surface area contributed by atoms with Crippen molar-refractivity contribution in [1.29, 1.82) is 0 Å². The zero-order valence-corrected chi connectivity index (χ0v) is 12.7. The Balaban J connectivity index is 2.29. The predicted molar refractivity (Wildman–Crippen MR) is 85.7 cm³/mol. The van der Waals surface area contributed by atoms with Crippen LogP contribution in [0.1, 0.15) is 16.1 Å². The number of para-hydroxylation sites is 1. The zero-order chi connectivity index (χ0) is 17.9. The van der Waals surface area contributed by atoms with Crippen LogP contribution in [0.4, 0.5) is 11.4 Å². The number of nitrogens with one attached hydrogen (secondary N) is 1. The zero-order valence-electron chi connectivity index (χ0n) is 12.7. The molecule has 124 valence electrons. The molecule has 0 fully saturated rings. The summed E-state index contributed by atoms with van der Waals surface area (Å²) in [6.07, 6.45) is 0. The number of carbonyl (C=O) groups excluding carboxylic acids is 2. The van der Waals surface area contributed by atoms with E-state index in [1.807, 2.05) is 0 Å². The Morgan fingerprint density at radius 2 is 1.92 bits per heavy atom. The first-order valence-corrected chi connectivity index (χ1v) is 6.84. The van der Waals surface area contributed by atoms with Gasteiger partial charge in [-0.1, -0.05) is 12.1 Å². The van der Waals surface area contributed by atoms with Crippen molar-refractivity contribution in [2.24, 2.45) is 5.73 Å². The first kappa shape index (κ1) is 16.9. The number of rotatable bonds is 5. The van der Waals surface area contributed by atoms with E-state index in [1.165, 1.54) is 19.1 Å². The summed E-state index contributed by atoms with van der Waals surface area (Å²) in [5, 5.41) is 13.4. The third-order valence-corrected chi connectivity index (χ3v) is 3.39. The third kappa shape index (κ3) is 3.46. The second-order valence-electron chi connectivity index (χ2n) is 4.94. The number of pyridine rings is 1. The van der Waals surface area contributed by atoms with Crippen LogP contribution < -0.4 is 16.6 Å². The van der Waals surface area contributed by atoms with Crippen molar-refractivity contribution in [1.82, 2.24) is 4.57 Å². The predicted octanol–water partition coefficient (Wildman–Crippen LogP) is 0.803. The summed E-state index contributed by atoms with van der Waals surface area (Å²) in [7, 11) is 0. The number of primary amides is 1. The summed E-state index contributed by atoms with van der Waals surface area (Å²) in [6.45, 7) is 0.948. The number of nitrogens with two attached hydrogens (primary N) is 1. The molecule has 0 saturated heterocycles. The lowest BCUT2D eigenvalue weighted by molar-refractivity contribution is -0.386. The molecule has 1 aromatic heterocycles. The van der Waals surface area contributed by atoms with E-state index in [1.54, 1.807) is 12.1 Å². The second kappa shape index (κ2) is 6.73. The van der Waals surface area contributed by atoms with Gasteiger partial charge in [0, 0.05) is 12.1 Å². The van der Waals surface area contributed by atoms with Crippen LogP contribution in [-0.4, -0.2) is 21.3 Å². The van der Waals surface area contributed by atoms with E-state index in [-0.39, 0.29) is 22.6 Å². The molecular weight excluding hydrogens is 316 g/mol. The standard InChI is InChI=1S/C15H14N4O5/c1-9-12(19(23)24)6-7-14(21)18(9)8-13(20)17-11-5-3-2-4-10(11)15(16)22/h2-7H,8H2,1H3,(H2,16,22)(H,17,20). The number of aromatic nitrogens is 1. The number of benzene rings is 1. The van der Waals surface area contributed by atoms with Gasteiger partial charge in [0.1, 0.15) is 6.54 Å². The van der Waals surface area contributed by atoms with Crippen LogP contribution in [0.2, 0.25) is 0 Å². The van der Waals surface area contributed by atoms with Gasteiger partial charge in [-0.2, -0.15) is 0 Å². The number of nitro groups is 1. The summed E-state index contributed by atoms with van der Waals surface area (Å²) >= 11 is 0. The summed E-state index contributed by atoms with van der Waals surface area (Å²) in [5.74, 6) is -1.33. The topological polar surface area (TPSA) is 137 Å². The lowest BCUT2D eigenvalue weighted by Gasteiger charge is -2.12. The molecule has 1 heterocycles. The van der Waals surface area contributed by atoms with Crippen LogP contribution in [0.3, 0.4) is 0 Å². The maximum absolute atomic E-state index is 12.1. The Kier molecular flexibility index (Phi) is 4.73. The molecule has 2 aromatic rings. The van der Waals surface area contributed by atoms with Crippen molar-refractivity contribution in [2.45, 2.75) is 13.5 Å². The van der Waals surface area contributed by atoms with E-state index in [9.17, 15) is 24.5 Å². The van der Waals surface area contributed by atoms with Gasteiger partial charge in [-0.3, -0.25) is 29.1 Å². The Labute approximate surface area is 135 Å². The van der Waals surface area contributed by atoms with Gasteiger partial charge in [0.2, 0.25) is 5.91 Å². The molecule has 24 heavy (non-hydrogen) atoms. The minimum absolute atomic E-state index is 0.0610. The smallest absolute Gasteiger partial charge is 0.288 e. The van der Waals surface area contributed by atoms with Gasteiger partial charge in [-0.05, 0) is 19.1 Å². The van der Waals surface area contributed by atoms with Gasteiger partial charge in [0.25, 0.3) is 17.2 Å². The highest BCUT2D eigenvalue weighted by molar-refractivity contribution is 6.02. The normalized spacial score (nSPS) is 10.2. The molecule has 0 atom stereocenters. The van der Waals surface area contributed by atoms with E-state index in [0.29, 0.717) is 0 Å². The molecule has 9 heteroatoms. The van der Waals surface area contributed by atoms with Gasteiger partial charge < -0.3 is 11.1 Å². The molecule has 9 nitrogen and oxygen atoms in total. The lowest BCUT2D eigenvalue weighted by atomic mass is 10.1. The number of carbonyl (C=O) groups is 2. The van der Waals surface area contributed by atoms with Crippen molar-refractivity contribution in [3.05, 3.63) is 68.1 Å². The molecule has 0 unspecified atom stereocenters. The van der Waals surface area contributed by atoms with E-state index in [0.717, 1.165) is 16.7 Å². The molecule has 1 aromatic carbocycles. The minimum Gasteiger partial charge on any atom is -0.366 e. The monoisotopic (exact) mass is 330 g/mol. The van der Waals surface area contributed by atoms with Gasteiger partial charge in [0.15, 0.2) is 0 Å². The first-order valence-electron chi connectivity index (χ1n) is 6.84. The van der Waals surface area contributed by atoms with E-state index in [4.69, 9.17) is 5.73 Å². The van der Waals surface area contributed by atoms with Crippen LogP contribution in [0.25, 0.3) is 0 Å². The molecule has 2 rings (SSSR count). The average Bonchev–Trinajstić information content (AvgIpc) is 2.51. The molecule has 0 aliphatic heterocycles. The Morgan fingerprint density at radius 1 is 1.25 bits per heavy atom. The molecule has 3 N–H and O–H groups in total. The summed E-state index contributed by atoms with van der Waals surface area (Å²) in [5.41, 5.74) is 4.80. The minimum atomic E-state index is -0.713.